The Hall–Kier alpha value is -0.950. The van der Waals surface area contributed by atoms with E-state index in [1.165, 1.54) is 4.80 Å². The summed E-state index contributed by atoms with van der Waals surface area (Å²) in [5.74, 6) is 1.35. The van der Waals surface area contributed by atoms with Crippen molar-refractivity contribution in [3.63, 3.8) is 0 Å². The van der Waals surface area contributed by atoms with Gasteiger partial charge in [0.25, 0.3) is 0 Å². The zero-order chi connectivity index (χ0) is 12.3. The van der Waals surface area contributed by atoms with Gasteiger partial charge in [-0.15, -0.1) is 10.2 Å². The van der Waals surface area contributed by atoms with E-state index in [2.05, 4.69) is 47.3 Å². The summed E-state index contributed by atoms with van der Waals surface area (Å²) in [6.45, 7) is 0.317. The Labute approximate surface area is 115 Å². The molecule has 0 aliphatic carbocycles. The zero-order valence-electron chi connectivity index (χ0n) is 9.10. The van der Waals surface area contributed by atoms with Crippen LogP contribution in [0.3, 0.4) is 0 Å². The Morgan fingerprint density at radius 1 is 1.41 bits per heavy atom. The van der Waals surface area contributed by atoms with Gasteiger partial charge in [0.2, 0.25) is 5.82 Å². The largest absolute Gasteiger partial charge is 0.485 e. The van der Waals surface area contributed by atoms with E-state index in [4.69, 9.17) is 4.74 Å². The number of benzene rings is 1. The van der Waals surface area contributed by atoms with Crippen LogP contribution < -0.4 is 4.74 Å². The first kappa shape index (κ1) is 12.5. The van der Waals surface area contributed by atoms with Crippen LogP contribution in [-0.2, 0) is 19.0 Å². The van der Waals surface area contributed by atoms with Gasteiger partial charge in [0.1, 0.15) is 5.75 Å². The maximum absolute atomic E-state index is 5.58. The fraction of sp³-hybridized carbons (Fsp3) is 0.300. The summed E-state index contributed by atoms with van der Waals surface area (Å²) < 4.78 is 6.64. The quantitative estimate of drug-likeness (QED) is 0.785. The fourth-order valence-electron chi connectivity index (χ4n) is 1.27. The van der Waals surface area contributed by atoms with Crippen LogP contribution >= 0.6 is 31.9 Å². The second-order valence-corrected chi connectivity index (χ2v) is 4.79. The first-order valence-corrected chi connectivity index (χ1v) is 6.80. The second kappa shape index (κ2) is 5.59. The van der Waals surface area contributed by atoms with Crippen molar-refractivity contribution in [2.24, 2.45) is 7.05 Å². The Kier molecular flexibility index (Phi) is 4.11. The number of aryl methyl sites for hydroxylation is 1. The van der Waals surface area contributed by atoms with Crippen molar-refractivity contribution in [2.75, 3.05) is 0 Å². The molecular formula is C10H10Br2N4O. The minimum atomic E-state index is 0.317. The number of rotatable bonds is 4. The number of nitrogens with zero attached hydrogens (tertiary/aromatic N) is 4. The van der Waals surface area contributed by atoms with Gasteiger partial charge in [0, 0.05) is 9.80 Å². The van der Waals surface area contributed by atoms with Crippen molar-refractivity contribution in [2.45, 2.75) is 11.9 Å². The summed E-state index contributed by atoms with van der Waals surface area (Å²) in [5, 5.41) is 12.4. The van der Waals surface area contributed by atoms with E-state index >= 15 is 0 Å². The third kappa shape index (κ3) is 3.26. The van der Waals surface area contributed by atoms with Crippen LogP contribution in [0.15, 0.2) is 22.7 Å². The average Bonchev–Trinajstić information content (AvgIpc) is 2.74. The molecule has 1 aromatic heterocycles. The number of alkyl halides is 1. The van der Waals surface area contributed by atoms with Crippen molar-refractivity contribution in [3.05, 3.63) is 34.1 Å². The monoisotopic (exact) mass is 360 g/mol. The van der Waals surface area contributed by atoms with Crippen LogP contribution in [0, 0.1) is 0 Å². The van der Waals surface area contributed by atoms with Crippen LogP contribution in [-0.4, -0.2) is 20.2 Å². The summed E-state index contributed by atoms with van der Waals surface area (Å²) >= 11 is 6.88. The second-order valence-electron chi connectivity index (χ2n) is 3.37. The van der Waals surface area contributed by atoms with Crippen LogP contribution in [0.4, 0.5) is 0 Å². The van der Waals surface area contributed by atoms with Gasteiger partial charge in [-0.1, -0.05) is 31.9 Å². The van der Waals surface area contributed by atoms with Gasteiger partial charge in [-0.2, -0.15) is 4.80 Å². The molecule has 0 amide bonds. The number of tetrazole rings is 1. The number of hydrogen-bond acceptors (Lipinski definition) is 4. The van der Waals surface area contributed by atoms with Crippen molar-refractivity contribution >= 4 is 31.9 Å². The van der Waals surface area contributed by atoms with Crippen molar-refractivity contribution in [1.29, 1.82) is 0 Å². The Bertz CT molecular complexity index is 515. The molecule has 2 rings (SSSR count). The first-order valence-electron chi connectivity index (χ1n) is 4.89. The third-order valence-electron chi connectivity index (χ3n) is 2.08. The molecule has 0 atom stereocenters. The van der Waals surface area contributed by atoms with E-state index in [0.717, 1.165) is 21.1 Å². The average molecular weight is 362 g/mol. The molecule has 7 heteroatoms. The van der Waals surface area contributed by atoms with E-state index in [1.54, 1.807) is 7.05 Å². The third-order valence-corrected chi connectivity index (χ3v) is 3.46. The highest BCUT2D eigenvalue weighted by Crippen LogP contribution is 2.24. The van der Waals surface area contributed by atoms with Gasteiger partial charge in [0.15, 0.2) is 6.61 Å². The molecule has 90 valence electrons. The molecule has 1 heterocycles. The highest BCUT2D eigenvalue weighted by atomic mass is 79.9. The number of ether oxygens (including phenoxy) is 1. The Balaban J connectivity index is 2.04. The van der Waals surface area contributed by atoms with Crippen LogP contribution in [0.2, 0.25) is 0 Å². The smallest absolute Gasteiger partial charge is 0.212 e. The lowest BCUT2D eigenvalue weighted by Gasteiger charge is -2.06. The molecule has 17 heavy (non-hydrogen) atoms. The maximum Gasteiger partial charge on any atom is 0.212 e. The Morgan fingerprint density at radius 3 is 2.88 bits per heavy atom. The van der Waals surface area contributed by atoms with E-state index < -0.39 is 0 Å². The van der Waals surface area contributed by atoms with Crippen molar-refractivity contribution in [1.82, 2.24) is 20.2 Å². The van der Waals surface area contributed by atoms with Crippen molar-refractivity contribution in [3.8, 4) is 5.75 Å². The first-order chi connectivity index (χ1) is 8.19. The van der Waals surface area contributed by atoms with Gasteiger partial charge in [-0.3, -0.25) is 0 Å². The van der Waals surface area contributed by atoms with Gasteiger partial charge in [-0.05, 0) is 29.0 Å². The van der Waals surface area contributed by atoms with Crippen LogP contribution in [0.25, 0.3) is 0 Å². The zero-order valence-corrected chi connectivity index (χ0v) is 12.3. The van der Waals surface area contributed by atoms with Crippen LogP contribution in [0.1, 0.15) is 11.4 Å². The van der Waals surface area contributed by atoms with Gasteiger partial charge in [-0.25, -0.2) is 0 Å². The molecule has 0 radical (unpaired) electrons. The molecule has 0 bridgehead atoms. The van der Waals surface area contributed by atoms with Crippen LogP contribution in [0.5, 0.6) is 5.75 Å². The van der Waals surface area contributed by atoms with Gasteiger partial charge < -0.3 is 4.74 Å². The molecule has 0 fully saturated rings. The molecule has 0 unspecified atom stereocenters. The van der Waals surface area contributed by atoms with E-state index in [-0.39, 0.29) is 0 Å². The summed E-state index contributed by atoms with van der Waals surface area (Å²) in [5.41, 5.74) is 1.13. The van der Waals surface area contributed by atoms with Gasteiger partial charge in [0.05, 0.1) is 7.05 Å². The predicted molar refractivity (Wildman–Crippen MR) is 69.9 cm³/mol. The molecule has 0 aliphatic heterocycles. The minimum Gasteiger partial charge on any atom is -0.485 e. The molecule has 0 saturated carbocycles. The summed E-state index contributed by atoms with van der Waals surface area (Å²) in [6, 6.07) is 5.82. The highest BCUT2D eigenvalue weighted by Gasteiger charge is 2.04. The number of aromatic nitrogens is 4. The predicted octanol–water partition coefficient (Wildman–Crippen LogP) is 2.45. The fourth-order valence-corrected chi connectivity index (χ4v) is 2.50. The number of halogens is 2. The molecule has 2 aromatic rings. The molecular weight excluding hydrogens is 352 g/mol. The molecule has 5 nitrogen and oxygen atoms in total. The number of hydrogen-bond donors (Lipinski definition) is 0. The summed E-state index contributed by atoms with van der Waals surface area (Å²) in [7, 11) is 1.72. The maximum atomic E-state index is 5.58. The molecule has 0 saturated heterocycles. The molecule has 0 N–H and O–H groups in total. The lowest BCUT2D eigenvalue weighted by atomic mass is 10.2. The molecule has 0 spiro atoms. The van der Waals surface area contributed by atoms with E-state index in [9.17, 15) is 0 Å². The normalized spacial score (nSPS) is 10.5. The van der Waals surface area contributed by atoms with E-state index in [0.29, 0.717) is 12.4 Å². The lowest BCUT2D eigenvalue weighted by Crippen LogP contribution is -1.99. The van der Waals surface area contributed by atoms with Gasteiger partial charge >= 0.3 is 0 Å². The van der Waals surface area contributed by atoms with E-state index in [1.807, 2.05) is 18.2 Å². The standard InChI is InChI=1S/C10H10Br2N4O/c1-16-14-10(13-15-16)6-17-8-2-3-9(12)7(4-8)5-11/h2-4H,5-6H2,1H3. The summed E-state index contributed by atoms with van der Waals surface area (Å²) in [4.78, 5) is 1.41. The molecule has 1 aromatic carbocycles. The lowest BCUT2D eigenvalue weighted by molar-refractivity contribution is 0.295. The minimum absolute atomic E-state index is 0.317. The van der Waals surface area contributed by atoms with Crippen molar-refractivity contribution < 1.29 is 4.74 Å². The Morgan fingerprint density at radius 2 is 2.24 bits per heavy atom. The topological polar surface area (TPSA) is 52.8 Å². The summed E-state index contributed by atoms with van der Waals surface area (Å²) in [6.07, 6.45) is 0. The SMILES string of the molecule is Cn1nnc(COc2ccc(Br)c(CBr)c2)n1. The molecule has 0 aliphatic rings. The highest BCUT2D eigenvalue weighted by molar-refractivity contribution is 9.10.